The highest BCUT2D eigenvalue weighted by molar-refractivity contribution is 7.99. The van der Waals surface area contributed by atoms with Gasteiger partial charge < -0.3 is 13.9 Å². The number of oxazole rings is 1. The number of thioether (sulfide) groups is 1. The summed E-state index contributed by atoms with van der Waals surface area (Å²) in [5.41, 5.74) is 4.84. The molecular weight excluding hydrogens is 478 g/mol. The molecule has 4 aromatic rings. The number of hydrogen-bond donors (Lipinski definition) is 1. The zero-order chi connectivity index (χ0) is 23.9. The molecule has 1 aromatic heterocycles. The minimum Gasteiger partial charge on any atom is -0.493 e. The highest BCUT2D eigenvalue weighted by Crippen LogP contribution is 2.28. The molecule has 4 rings (SSSR count). The number of ether oxygens (including phenoxy) is 2. The fraction of sp³-hybridized carbons (Fsp3) is 0.0833. The minimum atomic E-state index is -0.542. The van der Waals surface area contributed by atoms with E-state index in [1.807, 2.05) is 24.3 Å². The Hall–Kier alpha value is -3.82. The van der Waals surface area contributed by atoms with Crippen LogP contribution in [0.4, 0.5) is 0 Å². The Balaban J connectivity index is 1.32. The molecule has 0 aliphatic heterocycles. The number of aromatic nitrogens is 1. The number of carbonyl (C=O) groups excluding carboxylic acids is 2. The SMILES string of the molecule is COc1cc(/C=N/NC(=O)CSc2nc3ccccc3o2)ccc1OC(=O)c1ccc(Cl)cc1. The van der Waals surface area contributed by atoms with E-state index >= 15 is 0 Å². The third-order valence-electron chi connectivity index (χ3n) is 4.47. The number of nitrogens with zero attached hydrogens (tertiary/aromatic N) is 2. The summed E-state index contributed by atoms with van der Waals surface area (Å²) in [4.78, 5) is 28.7. The molecular formula is C24H18ClN3O5S. The molecule has 0 spiro atoms. The van der Waals surface area contributed by atoms with Crippen LogP contribution in [0, 0.1) is 0 Å². The number of rotatable bonds is 8. The van der Waals surface area contributed by atoms with E-state index in [0.29, 0.717) is 32.7 Å². The number of para-hydroxylation sites is 2. The standard InChI is InChI=1S/C24H18ClN3O5S/c1-31-21-12-15(6-11-20(21)32-23(30)16-7-9-17(25)10-8-16)13-26-28-22(29)14-34-24-27-18-4-2-3-5-19(18)33-24/h2-13H,14H2,1H3,(H,28,29)/b26-13+. The molecule has 8 nitrogen and oxygen atoms in total. The summed E-state index contributed by atoms with van der Waals surface area (Å²) < 4.78 is 16.3. The van der Waals surface area contributed by atoms with Crippen LogP contribution in [-0.4, -0.2) is 35.9 Å². The van der Waals surface area contributed by atoms with E-state index < -0.39 is 5.97 Å². The second-order valence-electron chi connectivity index (χ2n) is 6.84. The van der Waals surface area contributed by atoms with Gasteiger partial charge in [-0.25, -0.2) is 15.2 Å². The van der Waals surface area contributed by atoms with Crippen LogP contribution in [0.2, 0.25) is 5.02 Å². The van der Waals surface area contributed by atoms with Crippen molar-refractivity contribution in [2.75, 3.05) is 12.9 Å². The first-order valence-corrected chi connectivity index (χ1v) is 11.3. The minimum absolute atomic E-state index is 0.0903. The third kappa shape index (κ3) is 5.94. The number of amides is 1. The van der Waals surface area contributed by atoms with Gasteiger partial charge in [0.05, 0.1) is 24.6 Å². The molecule has 0 radical (unpaired) electrons. The lowest BCUT2D eigenvalue weighted by Gasteiger charge is -2.10. The van der Waals surface area contributed by atoms with Crippen molar-refractivity contribution in [2.24, 2.45) is 5.10 Å². The largest absolute Gasteiger partial charge is 0.493 e. The van der Waals surface area contributed by atoms with E-state index in [9.17, 15) is 9.59 Å². The topological polar surface area (TPSA) is 103 Å². The molecule has 1 N–H and O–H groups in total. The Bertz CT molecular complexity index is 1320. The predicted octanol–water partition coefficient (Wildman–Crippen LogP) is 4.95. The van der Waals surface area contributed by atoms with E-state index in [0.717, 1.165) is 5.52 Å². The van der Waals surface area contributed by atoms with Crippen LogP contribution in [-0.2, 0) is 4.79 Å². The monoisotopic (exact) mass is 495 g/mol. The maximum absolute atomic E-state index is 12.3. The molecule has 0 fully saturated rings. The molecule has 10 heteroatoms. The zero-order valence-electron chi connectivity index (χ0n) is 17.9. The first kappa shape index (κ1) is 23.3. The second-order valence-corrected chi connectivity index (χ2v) is 8.20. The zero-order valence-corrected chi connectivity index (χ0v) is 19.4. The molecule has 0 aliphatic carbocycles. The number of esters is 1. The van der Waals surface area contributed by atoms with Crippen molar-refractivity contribution < 1.29 is 23.5 Å². The lowest BCUT2D eigenvalue weighted by Crippen LogP contribution is -2.19. The van der Waals surface area contributed by atoms with Gasteiger partial charge in [-0.2, -0.15) is 5.10 Å². The summed E-state index contributed by atoms with van der Waals surface area (Å²) in [7, 11) is 1.46. The van der Waals surface area contributed by atoms with Crippen molar-refractivity contribution >= 4 is 52.6 Å². The molecule has 0 unspecified atom stereocenters. The number of fused-ring (bicyclic) bond motifs is 1. The molecule has 0 saturated heterocycles. The van der Waals surface area contributed by atoms with E-state index in [4.69, 9.17) is 25.5 Å². The van der Waals surface area contributed by atoms with Gasteiger partial charge in [0.15, 0.2) is 17.1 Å². The van der Waals surface area contributed by atoms with Crippen LogP contribution in [0.1, 0.15) is 15.9 Å². The Morgan fingerprint density at radius 2 is 1.91 bits per heavy atom. The summed E-state index contributed by atoms with van der Waals surface area (Å²) >= 11 is 7.02. The van der Waals surface area contributed by atoms with Crippen molar-refractivity contribution in [2.45, 2.75) is 5.22 Å². The average Bonchev–Trinajstić information content (AvgIpc) is 3.27. The van der Waals surface area contributed by atoms with Crippen LogP contribution < -0.4 is 14.9 Å². The first-order valence-electron chi connectivity index (χ1n) is 9.98. The fourth-order valence-corrected chi connectivity index (χ4v) is 3.60. The second kappa shape index (κ2) is 10.9. The van der Waals surface area contributed by atoms with Gasteiger partial charge >= 0.3 is 5.97 Å². The summed E-state index contributed by atoms with van der Waals surface area (Å²) in [5, 5.41) is 4.89. The van der Waals surface area contributed by atoms with Crippen molar-refractivity contribution in [3.8, 4) is 11.5 Å². The van der Waals surface area contributed by atoms with Crippen molar-refractivity contribution in [3.05, 3.63) is 82.9 Å². The Morgan fingerprint density at radius 3 is 2.68 bits per heavy atom. The number of carbonyl (C=O) groups is 2. The van der Waals surface area contributed by atoms with Crippen LogP contribution in [0.15, 0.2) is 81.5 Å². The van der Waals surface area contributed by atoms with Gasteiger partial charge in [0.25, 0.3) is 11.1 Å². The molecule has 1 amide bonds. The molecule has 1 heterocycles. The summed E-state index contributed by atoms with van der Waals surface area (Å²) in [6.45, 7) is 0. The van der Waals surface area contributed by atoms with Gasteiger partial charge in [0.2, 0.25) is 0 Å². The number of hydrogen-bond acceptors (Lipinski definition) is 8. The fourth-order valence-electron chi connectivity index (χ4n) is 2.84. The van der Waals surface area contributed by atoms with Crippen LogP contribution in [0.25, 0.3) is 11.1 Å². The van der Waals surface area contributed by atoms with Crippen LogP contribution in [0.5, 0.6) is 11.5 Å². The van der Waals surface area contributed by atoms with Crippen molar-refractivity contribution in [3.63, 3.8) is 0 Å². The maximum atomic E-state index is 12.3. The van der Waals surface area contributed by atoms with Crippen molar-refractivity contribution in [1.82, 2.24) is 10.4 Å². The molecule has 0 bridgehead atoms. The van der Waals surface area contributed by atoms with Gasteiger partial charge in [-0.15, -0.1) is 0 Å². The molecule has 34 heavy (non-hydrogen) atoms. The Labute approximate surface area is 203 Å². The van der Waals surface area contributed by atoms with E-state index in [-0.39, 0.29) is 17.4 Å². The van der Waals surface area contributed by atoms with Gasteiger partial charge in [0, 0.05) is 5.02 Å². The maximum Gasteiger partial charge on any atom is 0.343 e. The van der Waals surface area contributed by atoms with E-state index in [1.165, 1.54) is 25.1 Å². The number of hydrazone groups is 1. The molecule has 3 aromatic carbocycles. The summed E-state index contributed by atoms with van der Waals surface area (Å²) in [6.07, 6.45) is 1.45. The number of nitrogens with one attached hydrogen (secondary N) is 1. The highest BCUT2D eigenvalue weighted by atomic mass is 35.5. The smallest absolute Gasteiger partial charge is 0.343 e. The lowest BCUT2D eigenvalue weighted by atomic mass is 10.2. The van der Waals surface area contributed by atoms with Gasteiger partial charge in [-0.3, -0.25) is 4.79 Å². The number of methoxy groups -OCH3 is 1. The molecule has 172 valence electrons. The predicted molar refractivity (Wildman–Crippen MR) is 130 cm³/mol. The van der Waals surface area contributed by atoms with Crippen molar-refractivity contribution in [1.29, 1.82) is 0 Å². The van der Waals surface area contributed by atoms with Crippen LogP contribution in [0.3, 0.4) is 0 Å². The third-order valence-corrected chi connectivity index (χ3v) is 5.55. The number of benzene rings is 3. The van der Waals surface area contributed by atoms with Gasteiger partial charge in [-0.1, -0.05) is 35.5 Å². The van der Waals surface area contributed by atoms with Gasteiger partial charge in [0.1, 0.15) is 5.52 Å². The van der Waals surface area contributed by atoms with Gasteiger partial charge in [-0.05, 0) is 60.2 Å². The van der Waals surface area contributed by atoms with E-state index in [2.05, 4.69) is 15.5 Å². The molecule has 0 atom stereocenters. The number of halogens is 1. The van der Waals surface area contributed by atoms with E-state index in [1.54, 1.807) is 42.5 Å². The average molecular weight is 496 g/mol. The Kier molecular flexibility index (Phi) is 7.46. The van der Waals surface area contributed by atoms with Crippen LogP contribution >= 0.6 is 23.4 Å². The normalized spacial score (nSPS) is 11.0. The first-order chi connectivity index (χ1) is 16.5. The summed E-state index contributed by atoms with van der Waals surface area (Å²) in [5.74, 6) is -0.181. The Morgan fingerprint density at radius 1 is 1.12 bits per heavy atom. The quantitative estimate of drug-likeness (QED) is 0.121. The molecule has 0 saturated carbocycles. The highest BCUT2D eigenvalue weighted by Gasteiger charge is 2.13. The summed E-state index contributed by atoms with van der Waals surface area (Å²) in [6, 6.07) is 18.6. The lowest BCUT2D eigenvalue weighted by molar-refractivity contribution is -0.118. The molecule has 0 aliphatic rings.